The molecule has 1 aromatic rings. The molecule has 1 atom stereocenters. The summed E-state index contributed by atoms with van der Waals surface area (Å²) in [6.07, 6.45) is 3.33. The number of hydrogen-bond donors (Lipinski definition) is 1. The molecule has 0 aliphatic carbocycles. The molecule has 0 saturated carbocycles. The first-order valence-corrected chi connectivity index (χ1v) is 5.01. The van der Waals surface area contributed by atoms with Crippen LogP contribution in [0.2, 0.25) is 0 Å². The number of nitrogen functional groups attached to an aromatic ring is 1. The minimum Gasteiger partial charge on any atom is -0.394 e. The molecule has 0 amide bonds. The summed E-state index contributed by atoms with van der Waals surface area (Å²) in [7, 11) is 1.64. The zero-order chi connectivity index (χ0) is 10.7. The summed E-state index contributed by atoms with van der Waals surface area (Å²) in [5, 5.41) is 0. The van der Waals surface area contributed by atoms with Gasteiger partial charge in [-0.1, -0.05) is 0 Å². The number of anilines is 1. The van der Waals surface area contributed by atoms with Gasteiger partial charge in [0, 0.05) is 19.5 Å². The van der Waals surface area contributed by atoms with Crippen molar-refractivity contribution in [2.24, 2.45) is 0 Å². The third-order valence-corrected chi connectivity index (χ3v) is 2.51. The molecule has 0 radical (unpaired) electrons. The summed E-state index contributed by atoms with van der Waals surface area (Å²) in [5.74, 6) is 0. The van der Waals surface area contributed by atoms with Gasteiger partial charge in [0.25, 0.3) is 0 Å². The van der Waals surface area contributed by atoms with Crippen molar-refractivity contribution in [3.63, 3.8) is 0 Å². The third kappa shape index (κ3) is 2.36. The second-order valence-corrected chi connectivity index (χ2v) is 4.00. The van der Waals surface area contributed by atoms with Crippen molar-refractivity contribution in [1.82, 2.24) is 4.57 Å². The van der Waals surface area contributed by atoms with Gasteiger partial charge in [-0.05, 0) is 22.9 Å². The van der Waals surface area contributed by atoms with Crippen molar-refractivity contribution in [3.05, 3.63) is 27.1 Å². The van der Waals surface area contributed by atoms with E-state index in [1.54, 1.807) is 19.5 Å². The zero-order valence-corrected chi connectivity index (χ0v) is 9.74. The topological polar surface area (TPSA) is 57.2 Å². The molecule has 5 heteroatoms. The van der Waals surface area contributed by atoms with E-state index in [0.717, 1.165) is 0 Å². The average molecular weight is 261 g/mol. The normalized spacial score (nSPS) is 12.8. The van der Waals surface area contributed by atoms with Crippen molar-refractivity contribution in [2.75, 3.05) is 19.5 Å². The molecule has 0 aliphatic heterocycles. The lowest BCUT2D eigenvalue weighted by atomic mass is 10.3. The van der Waals surface area contributed by atoms with Crippen molar-refractivity contribution in [1.29, 1.82) is 0 Å². The van der Waals surface area contributed by atoms with Crippen LogP contribution in [0.15, 0.2) is 21.7 Å². The van der Waals surface area contributed by atoms with Crippen molar-refractivity contribution < 1.29 is 4.74 Å². The lowest BCUT2D eigenvalue weighted by Crippen LogP contribution is -2.17. The van der Waals surface area contributed by atoms with Gasteiger partial charge in [0.2, 0.25) is 5.43 Å². The molecular formula is C9H13BrN2O2. The minimum absolute atomic E-state index is 0.152. The molecule has 0 saturated heterocycles. The molecule has 0 bridgehead atoms. The Kier molecular flexibility index (Phi) is 3.71. The summed E-state index contributed by atoms with van der Waals surface area (Å²) in [5.41, 5.74) is 5.61. The second-order valence-electron chi connectivity index (χ2n) is 3.14. The number of methoxy groups -OCH3 is 1. The van der Waals surface area contributed by atoms with E-state index in [1.807, 2.05) is 11.5 Å². The fourth-order valence-electron chi connectivity index (χ4n) is 1.17. The maximum Gasteiger partial charge on any atom is 0.218 e. The fourth-order valence-corrected chi connectivity index (χ4v) is 1.63. The summed E-state index contributed by atoms with van der Waals surface area (Å²) in [6, 6.07) is 0.152. The highest BCUT2D eigenvalue weighted by Crippen LogP contribution is 2.12. The highest BCUT2D eigenvalue weighted by atomic mass is 79.9. The molecular weight excluding hydrogens is 248 g/mol. The number of ether oxygens (including phenoxy) is 1. The SMILES string of the molecule is COCC(C)n1cc(N)c(=O)c(Br)c1. The highest BCUT2D eigenvalue weighted by Gasteiger charge is 2.07. The van der Waals surface area contributed by atoms with E-state index in [0.29, 0.717) is 11.1 Å². The fraction of sp³-hybridized carbons (Fsp3) is 0.444. The van der Waals surface area contributed by atoms with E-state index in [4.69, 9.17) is 10.5 Å². The Hall–Kier alpha value is -0.810. The monoisotopic (exact) mass is 260 g/mol. The van der Waals surface area contributed by atoms with Crippen LogP contribution >= 0.6 is 15.9 Å². The van der Waals surface area contributed by atoms with E-state index in [1.165, 1.54) is 0 Å². The molecule has 0 fully saturated rings. The molecule has 0 aliphatic rings. The van der Waals surface area contributed by atoms with Crippen LogP contribution in [0.4, 0.5) is 5.69 Å². The van der Waals surface area contributed by atoms with Gasteiger partial charge in [-0.2, -0.15) is 0 Å². The van der Waals surface area contributed by atoms with E-state index >= 15 is 0 Å². The molecule has 0 spiro atoms. The van der Waals surface area contributed by atoms with Gasteiger partial charge in [-0.3, -0.25) is 4.79 Å². The van der Waals surface area contributed by atoms with E-state index in [2.05, 4.69) is 15.9 Å². The van der Waals surface area contributed by atoms with Crippen LogP contribution in [0.1, 0.15) is 13.0 Å². The number of nitrogens with zero attached hydrogens (tertiary/aromatic N) is 1. The first kappa shape index (κ1) is 11.3. The van der Waals surface area contributed by atoms with Crippen LogP contribution in [0.5, 0.6) is 0 Å². The number of halogens is 1. The van der Waals surface area contributed by atoms with Crippen molar-refractivity contribution in [3.8, 4) is 0 Å². The Morgan fingerprint density at radius 2 is 2.29 bits per heavy atom. The van der Waals surface area contributed by atoms with Crippen LogP contribution in [-0.2, 0) is 4.74 Å². The number of nitrogens with two attached hydrogens (primary N) is 1. The lowest BCUT2D eigenvalue weighted by Gasteiger charge is -2.15. The number of hydrogen-bond acceptors (Lipinski definition) is 3. The quantitative estimate of drug-likeness (QED) is 0.894. The summed E-state index contributed by atoms with van der Waals surface area (Å²) < 4.78 is 7.34. The molecule has 2 N–H and O–H groups in total. The lowest BCUT2D eigenvalue weighted by molar-refractivity contribution is 0.162. The van der Waals surface area contributed by atoms with Crippen molar-refractivity contribution in [2.45, 2.75) is 13.0 Å². The van der Waals surface area contributed by atoms with Crippen LogP contribution < -0.4 is 11.2 Å². The van der Waals surface area contributed by atoms with Crippen molar-refractivity contribution >= 4 is 21.6 Å². The maximum absolute atomic E-state index is 11.3. The number of rotatable bonds is 3. The molecule has 1 unspecified atom stereocenters. The largest absolute Gasteiger partial charge is 0.394 e. The molecule has 4 nitrogen and oxygen atoms in total. The van der Waals surface area contributed by atoms with Crippen LogP contribution in [0.25, 0.3) is 0 Å². The number of pyridine rings is 1. The molecule has 1 rings (SSSR count). The first-order chi connectivity index (χ1) is 6.56. The Morgan fingerprint density at radius 1 is 1.64 bits per heavy atom. The van der Waals surface area contributed by atoms with E-state index in [9.17, 15) is 4.79 Å². The number of aromatic nitrogens is 1. The predicted molar refractivity (Wildman–Crippen MR) is 59.4 cm³/mol. The van der Waals surface area contributed by atoms with E-state index in [-0.39, 0.29) is 17.2 Å². The average Bonchev–Trinajstić information content (AvgIpc) is 2.13. The van der Waals surface area contributed by atoms with Crippen LogP contribution in [0, 0.1) is 0 Å². The summed E-state index contributed by atoms with van der Waals surface area (Å²) >= 11 is 3.16. The Labute approximate surface area is 90.8 Å². The summed E-state index contributed by atoms with van der Waals surface area (Å²) in [6.45, 7) is 2.56. The van der Waals surface area contributed by atoms with Crippen LogP contribution in [0.3, 0.4) is 0 Å². The van der Waals surface area contributed by atoms with Gasteiger partial charge in [0.15, 0.2) is 0 Å². The molecule has 14 heavy (non-hydrogen) atoms. The molecule has 1 aromatic heterocycles. The maximum atomic E-state index is 11.3. The third-order valence-electron chi connectivity index (χ3n) is 1.95. The minimum atomic E-state index is -0.175. The van der Waals surface area contributed by atoms with Gasteiger partial charge in [-0.15, -0.1) is 0 Å². The van der Waals surface area contributed by atoms with Gasteiger partial charge in [-0.25, -0.2) is 0 Å². The van der Waals surface area contributed by atoms with Gasteiger partial charge in [0.05, 0.1) is 22.8 Å². The van der Waals surface area contributed by atoms with Gasteiger partial charge >= 0.3 is 0 Å². The second kappa shape index (κ2) is 4.61. The predicted octanol–water partition coefficient (Wildman–Crippen LogP) is 1.40. The molecule has 78 valence electrons. The molecule has 0 aromatic carbocycles. The Morgan fingerprint density at radius 3 is 2.79 bits per heavy atom. The standard InChI is InChI=1S/C9H13BrN2O2/c1-6(5-14-2)12-3-7(10)9(13)8(11)4-12/h3-4,6H,5,11H2,1-2H3. The van der Waals surface area contributed by atoms with Gasteiger partial charge < -0.3 is 15.0 Å². The van der Waals surface area contributed by atoms with Gasteiger partial charge in [0.1, 0.15) is 0 Å². The zero-order valence-electron chi connectivity index (χ0n) is 8.16. The smallest absolute Gasteiger partial charge is 0.218 e. The first-order valence-electron chi connectivity index (χ1n) is 4.22. The molecule has 1 heterocycles. The van der Waals surface area contributed by atoms with E-state index < -0.39 is 0 Å². The highest BCUT2D eigenvalue weighted by molar-refractivity contribution is 9.10. The summed E-state index contributed by atoms with van der Waals surface area (Å²) in [4.78, 5) is 11.3. The Bertz CT molecular complexity index is 349. The van der Waals surface area contributed by atoms with Crippen LogP contribution in [-0.4, -0.2) is 18.3 Å². The Balaban J connectivity index is 3.06.